The fourth-order valence-corrected chi connectivity index (χ4v) is 1.96. The van der Waals surface area contributed by atoms with E-state index in [-0.39, 0.29) is 12.3 Å². The number of hydrazone groups is 1. The molecule has 0 spiro atoms. The molecule has 108 valence electrons. The molecule has 2 aromatic carbocycles. The number of carbonyl (C=O) groups is 1. The van der Waals surface area contributed by atoms with Crippen LogP contribution in [-0.4, -0.2) is 11.6 Å². The molecule has 0 saturated carbocycles. The van der Waals surface area contributed by atoms with Crippen molar-refractivity contribution < 1.29 is 4.79 Å². The van der Waals surface area contributed by atoms with Gasteiger partial charge in [-0.05, 0) is 37.1 Å². The fourth-order valence-electron chi connectivity index (χ4n) is 1.83. The van der Waals surface area contributed by atoms with Gasteiger partial charge < -0.3 is 0 Å². The number of benzene rings is 2. The summed E-state index contributed by atoms with van der Waals surface area (Å²) < 4.78 is 0. The summed E-state index contributed by atoms with van der Waals surface area (Å²) in [6.45, 7) is 3.90. The number of halogens is 1. The van der Waals surface area contributed by atoms with Gasteiger partial charge in [0.1, 0.15) is 0 Å². The molecule has 0 aromatic heterocycles. The molecular weight excluding hydrogens is 284 g/mol. The predicted molar refractivity (Wildman–Crippen MR) is 86.7 cm³/mol. The summed E-state index contributed by atoms with van der Waals surface area (Å²) in [7, 11) is 0. The van der Waals surface area contributed by atoms with Crippen molar-refractivity contribution >= 4 is 23.2 Å². The monoisotopic (exact) mass is 300 g/mol. The van der Waals surface area contributed by atoms with Crippen LogP contribution < -0.4 is 5.43 Å². The third kappa shape index (κ3) is 4.72. The zero-order valence-corrected chi connectivity index (χ0v) is 12.8. The Labute approximate surface area is 129 Å². The van der Waals surface area contributed by atoms with E-state index in [9.17, 15) is 4.79 Å². The van der Waals surface area contributed by atoms with Crippen molar-refractivity contribution in [3.05, 3.63) is 70.2 Å². The van der Waals surface area contributed by atoms with E-state index in [1.54, 1.807) is 12.1 Å². The lowest BCUT2D eigenvalue weighted by Crippen LogP contribution is -2.21. The van der Waals surface area contributed by atoms with E-state index in [0.29, 0.717) is 5.02 Å². The largest absolute Gasteiger partial charge is 0.273 e. The molecule has 0 aliphatic heterocycles. The standard InChI is InChI=1S/C17H17ClN2O/c1-12-3-7-15(8-4-12)13(2)19-20-17(21)11-14-5-9-16(18)10-6-14/h3-10H,11H2,1-2H3,(H,20,21)/b19-13+. The minimum atomic E-state index is -0.149. The fraction of sp³-hybridized carbons (Fsp3) is 0.176. The topological polar surface area (TPSA) is 41.5 Å². The van der Waals surface area contributed by atoms with E-state index >= 15 is 0 Å². The van der Waals surface area contributed by atoms with Gasteiger partial charge in [0.25, 0.3) is 0 Å². The predicted octanol–water partition coefficient (Wildman–Crippen LogP) is 3.73. The van der Waals surface area contributed by atoms with Crippen molar-refractivity contribution in [2.75, 3.05) is 0 Å². The van der Waals surface area contributed by atoms with Crippen molar-refractivity contribution in [1.29, 1.82) is 0 Å². The molecule has 3 nitrogen and oxygen atoms in total. The van der Waals surface area contributed by atoms with Crippen molar-refractivity contribution in [2.24, 2.45) is 5.10 Å². The Hall–Kier alpha value is -2.13. The zero-order valence-electron chi connectivity index (χ0n) is 12.1. The number of nitrogens with one attached hydrogen (secondary N) is 1. The number of hydrogen-bond acceptors (Lipinski definition) is 2. The minimum absolute atomic E-state index is 0.149. The van der Waals surface area contributed by atoms with Gasteiger partial charge in [-0.15, -0.1) is 0 Å². The highest BCUT2D eigenvalue weighted by Crippen LogP contribution is 2.10. The lowest BCUT2D eigenvalue weighted by molar-refractivity contribution is -0.120. The van der Waals surface area contributed by atoms with Crippen LogP contribution in [0.2, 0.25) is 5.02 Å². The molecule has 1 N–H and O–H groups in total. The summed E-state index contributed by atoms with van der Waals surface area (Å²) >= 11 is 5.81. The van der Waals surface area contributed by atoms with Crippen LogP contribution in [0.5, 0.6) is 0 Å². The first-order valence-electron chi connectivity index (χ1n) is 6.69. The van der Waals surface area contributed by atoms with Crippen molar-refractivity contribution in [1.82, 2.24) is 5.43 Å². The van der Waals surface area contributed by atoms with Gasteiger partial charge in [0.15, 0.2) is 0 Å². The summed E-state index contributed by atoms with van der Waals surface area (Å²) in [5.74, 6) is -0.149. The Balaban J connectivity index is 1.94. The molecule has 0 fully saturated rings. The maximum absolute atomic E-state index is 11.8. The van der Waals surface area contributed by atoms with Gasteiger partial charge in [0.2, 0.25) is 5.91 Å². The molecule has 0 heterocycles. The highest BCUT2D eigenvalue weighted by molar-refractivity contribution is 6.30. The van der Waals surface area contributed by atoms with Gasteiger partial charge in [-0.2, -0.15) is 5.10 Å². The minimum Gasteiger partial charge on any atom is -0.273 e. The molecule has 0 bridgehead atoms. The molecule has 0 saturated heterocycles. The summed E-state index contributed by atoms with van der Waals surface area (Å²) in [5.41, 5.74) is 6.44. The quantitative estimate of drug-likeness (QED) is 0.678. The van der Waals surface area contributed by atoms with Crippen molar-refractivity contribution in [3.8, 4) is 0 Å². The van der Waals surface area contributed by atoms with Crippen LogP contribution in [0.4, 0.5) is 0 Å². The summed E-state index contributed by atoms with van der Waals surface area (Å²) in [4.78, 5) is 11.8. The average molecular weight is 301 g/mol. The van der Waals surface area contributed by atoms with E-state index < -0.39 is 0 Å². The van der Waals surface area contributed by atoms with Crippen LogP contribution in [-0.2, 0) is 11.2 Å². The molecule has 4 heteroatoms. The number of rotatable bonds is 4. The van der Waals surface area contributed by atoms with Crippen molar-refractivity contribution in [3.63, 3.8) is 0 Å². The number of amides is 1. The van der Waals surface area contributed by atoms with Crippen LogP contribution in [0.15, 0.2) is 53.6 Å². The van der Waals surface area contributed by atoms with Crippen LogP contribution in [0.1, 0.15) is 23.6 Å². The molecule has 1 amide bonds. The maximum Gasteiger partial charge on any atom is 0.244 e. The van der Waals surface area contributed by atoms with Crippen LogP contribution in [0, 0.1) is 6.92 Å². The first kappa shape index (κ1) is 15.3. The van der Waals surface area contributed by atoms with Gasteiger partial charge in [-0.1, -0.05) is 53.6 Å². The molecule has 2 rings (SSSR count). The molecule has 2 aromatic rings. The second-order valence-electron chi connectivity index (χ2n) is 4.90. The Kier molecular flexibility index (Phi) is 5.12. The van der Waals surface area contributed by atoms with E-state index in [0.717, 1.165) is 16.8 Å². The molecule has 0 aliphatic rings. The molecule has 21 heavy (non-hydrogen) atoms. The highest BCUT2D eigenvalue weighted by atomic mass is 35.5. The lowest BCUT2D eigenvalue weighted by Gasteiger charge is -2.04. The number of nitrogens with zero attached hydrogens (tertiary/aromatic N) is 1. The zero-order chi connectivity index (χ0) is 15.2. The van der Waals surface area contributed by atoms with Crippen LogP contribution in [0.3, 0.4) is 0 Å². The number of carbonyl (C=O) groups excluding carboxylic acids is 1. The Morgan fingerprint density at radius 1 is 1.10 bits per heavy atom. The third-order valence-corrected chi connectivity index (χ3v) is 3.35. The molecular formula is C17H17ClN2O. The summed E-state index contributed by atoms with van der Waals surface area (Å²) in [6.07, 6.45) is 0.280. The van der Waals surface area contributed by atoms with Gasteiger partial charge in [-0.25, -0.2) is 5.43 Å². The third-order valence-electron chi connectivity index (χ3n) is 3.10. The lowest BCUT2D eigenvalue weighted by atomic mass is 10.1. The molecule has 0 aliphatic carbocycles. The van der Waals surface area contributed by atoms with E-state index in [1.165, 1.54) is 5.56 Å². The second-order valence-corrected chi connectivity index (χ2v) is 5.34. The van der Waals surface area contributed by atoms with E-state index in [2.05, 4.69) is 10.5 Å². The van der Waals surface area contributed by atoms with Gasteiger partial charge in [0, 0.05) is 5.02 Å². The van der Waals surface area contributed by atoms with E-state index in [4.69, 9.17) is 11.6 Å². The number of aryl methyl sites for hydroxylation is 1. The Morgan fingerprint density at radius 3 is 2.33 bits per heavy atom. The first-order valence-corrected chi connectivity index (χ1v) is 7.07. The highest BCUT2D eigenvalue weighted by Gasteiger charge is 2.03. The molecule has 0 unspecified atom stereocenters. The normalized spacial score (nSPS) is 11.3. The average Bonchev–Trinajstić information content (AvgIpc) is 2.48. The second kappa shape index (κ2) is 7.04. The SMILES string of the molecule is C/C(=N\NC(=O)Cc1ccc(Cl)cc1)c1ccc(C)cc1. The summed E-state index contributed by atoms with van der Waals surface area (Å²) in [6, 6.07) is 15.2. The van der Waals surface area contributed by atoms with Crippen LogP contribution in [0.25, 0.3) is 0 Å². The molecule has 0 radical (unpaired) electrons. The van der Waals surface area contributed by atoms with Gasteiger partial charge >= 0.3 is 0 Å². The van der Waals surface area contributed by atoms with Gasteiger partial charge in [0.05, 0.1) is 12.1 Å². The Morgan fingerprint density at radius 2 is 1.71 bits per heavy atom. The van der Waals surface area contributed by atoms with E-state index in [1.807, 2.05) is 50.2 Å². The smallest absolute Gasteiger partial charge is 0.244 e. The van der Waals surface area contributed by atoms with Crippen molar-refractivity contribution in [2.45, 2.75) is 20.3 Å². The first-order chi connectivity index (χ1) is 10.0. The van der Waals surface area contributed by atoms with Gasteiger partial charge in [-0.3, -0.25) is 4.79 Å². The Bertz CT molecular complexity index is 645. The molecule has 0 atom stereocenters. The summed E-state index contributed by atoms with van der Waals surface area (Å²) in [5, 5.41) is 4.79. The number of hydrogen-bond donors (Lipinski definition) is 1. The maximum atomic E-state index is 11.8. The van der Waals surface area contributed by atoms with Crippen LogP contribution >= 0.6 is 11.6 Å².